The number of likely N-dealkylation sites (N-methyl/N-ethyl adjacent to an activating group) is 1. The number of morpholine rings is 1. The lowest BCUT2D eigenvalue weighted by Gasteiger charge is -2.46. The number of halogens is 8. The normalized spacial score (nSPS) is 19.2. The molecule has 5 aromatic rings. The van der Waals surface area contributed by atoms with Crippen LogP contribution in [-0.4, -0.2) is 105 Å². The zero-order chi connectivity index (χ0) is 49.8. The van der Waals surface area contributed by atoms with Gasteiger partial charge in [-0.3, -0.25) is 14.4 Å². The van der Waals surface area contributed by atoms with Gasteiger partial charge >= 0.3 is 12.4 Å². The Morgan fingerprint density at radius 2 is 1.40 bits per heavy atom. The van der Waals surface area contributed by atoms with E-state index in [2.05, 4.69) is 17.0 Å². The van der Waals surface area contributed by atoms with Crippen LogP contribution in [-0.2, 0) is 44.1 Å². The highest BCUT2D eigenvalue weighted by Crippen LogP contribution is 2.48. The molecule has 2 atom stereocenters. The Bertz CT molecular complexity index is 2630. The van der Waals surface area contributed by atoms with Gasteiger partial charge in [-0.05, 0) is 116 Å². The van der Waals surface area contributed by atoms with Crippen LogP contribution in [0.4, 0.5) is 32.0 Å². The fraction of sp³-hybridized carbons (Fsp3) is 0.377. The zero-order valence-electron chi connectivity index (χ0n) is 38.4. The number of piperidine rings is 1. The number of carbonyl (C=O) groups is 3. The van der Waals surface area contributed by atoms with Crippen molar-refractivity contribution in [2.24, 2.45) is 0 Å². The molecular formula is C53H52Cl2F6N4O5. The second-order valence-corrected chi connectivity index (χ2v) is 19.0. The molecule has 1 aliphatic carbocycles. The van der Waals surface area contributed by atoms with Crippen molar-refractivity contribution in [3.8, 4) is 0 Å². The highest BCUT2D eigenvalue weighted by Gasteiger charge is 2.50. The van der Waals surface area contributed by atoms with Gasteiger partial charge in [-0.15, -0.1) is 0 Å². The molecule has 2 saturated heterocycles. The third kappa shape index (κ3) is 11.2. The second-order valence-electron chi connectivity index (χ2n) is 18.2. The van der Waals surface area contributed by atoms with Crippen LogP contribution in [0.15, 0.2) is 121 Å². The van der Waals surface area contributed by atoms with Crippen LogP contribution >= 0.6 is 23.2 Å². The average molecular weight is 1010 g/mol. The topological polar surface area (TPSA) is 82.6 Å². The van der Waals surface area contributed by atoms with Gasteiger partial charge in [0.2, 0.25) is 5.91 Å². The van der Waals surface area contributed by atoms with E-state index in [1.54, 1.807) is 47.2 Å². The average Bonchev–Trinajstić information content (AvgIpc) is 3.66. The van der Waals surface area contributed by atoms with Gasteiger partial charge in [0.25, 0.3) is 11.8 Å². The summed E-state index contributed by atoms with van der Waals surface area (Å²) in [4.78, 5) is 48.0. The molecule has 2 heterocycles. The van der Waals surface area contributed by atoms with Crippen LogP contribution in [0.25, 0.3) is 0 Å². The molecule has 0 N–H and O–H groups in total. The molecule has 9 nitrogen and oxygen atoms in total. The number of carbonyl (C=O) groups excluding carboxylic acids is 3. The van der Waals surface area contributed by atoms with Crippen molar-refractivity contribution < 1.29 is 50.2 Å². The third-order valence-electron chi connectivity index (χ3n) is 14.0. The molecule has 2 aliphatic heterocycles. The minimum absolute atomic E-state index is 0.00222. The van der Waals surface area contributed by atoms with Crippen molar-refractivity contribution in [3.63, 3.8) is 0 Å². The molecule has 1 spiro atoms. The Balaban J connectivity index is 0.928. The zero-order valence-corrected chi connectivity index (χ0v) is 39.9. The van der Waals surface area contributed by atoms with E-state index < -0.39 is 40.6 Å². The van der Waals surface area contributed by atoms with Crippen molar-refractivity contribution in [2.45, 2.75) is 61.6 Å². The fourth-order valence-corrected chi connectivity index (χ4v) is 10.4. The summed E-state index contributed by atoms with van der Waals surface area (Å²) >= 11 is 12.8. The molecule has 0 bridgehead atoms. The van der Waals surface area contributed by atoms with Crippen molar-refractivity contribution in [1.29, 1.82) is 0 Å². The van der Waals surface area contributed by atoms with Gasteiger partial charge < -0.3 is 29.1 Å². The summed E-state index contributed by atoms with van der Waals surface area (Å²) in [5.74, 6) is -1.30. The van der Waals surface area contributed by atoms with Crippen LogP contribution in [0, 0.1) is 0 Å². The van der Waals surface area contributed by atoms with E-state index in [0.29, 0.717) is 88.1 Å². The quantitative estimate of drug-likeness (QED) is 0.103. The molecule has 8 rings (SSSR count). The Morgan fingerprint density at radius 1 is 0.757 bits per heavy atom. The van der Waals surface area contributed by atoms with Crippen LogP contribution in [0.2, 0.25) is 10.0 Å². The number of rotatable bonds is 14. The lowest BCUT2D eigenvalue weighted by molar-refractivity contribution is -0.143. The molecule has 0 saturated carbocycles. The minimum atomic E-state index is -5.13. The number of nitrogens with zero attached hydrogens (tertiary/aromatic N) is 4. The fourth-order valence-electron chi connectivity index (χ4n) is 10.1. The summed E-state index contributed by atoms with van der Waals surface area (Å²) in [5.41, 5.74) is -1.29. The van der Waals surface area contributed by atoms with Crippen LogP contribution in [0.5, 0.6) is 0 Å². The van der Waals surface area contributed by atoms with Gasteiger partial charge in [0.1, 0.15) is 12.2 Å². The number of alkyl halides is 6. The molecular weight excluding hydrogens is 958 g/mol. The van der Waals surface area contributed by atoms with Crippen molar-refractivity contribution >= 4 is 46.6 Å². The van der Waals surface area contributed by atoms with E-state index in [4.69, 9.17) is 32.7 Å². The van der Waals surface area contributed by atoms with E-state index in [0.717, 1.165) is 11.3 Å². The molecule has 5 aromatic carbocycles. The first kappa shape index (κ1) is 50.9. The Hall–Kier alpha value is -5.45. The van der Waals surface area contributed by atoms with E-state index in [1.165, 1.54) is 10.5 Å². The highest BCUT2D eigenvalue weighted by molar-refractivity contribution is 6.42. The first-order chi connectivity index (χ1) is 33.4. The SMILES string of the molecule is CN(CCCN(C(=O)c1ccccc1)c1ccccc1)C(=O)CO[C@H]1Cc2ccccc2C12CCN(CC[C@@]1(c3ccc(Cl)c(Cl)c3)CN(C(=O)c3cc(C(F)(F)F)cc(C(F)(F)F)c3)CCO1)CC2. The standard InChI is InChI=1S/C53H52Cl2F6N4O5/c1-62(22-10-23-65(42-14-6-3-7-15-42)49(68)36-11-4-2-5-12-36)47(66)34-69-46-31-37-13-8-9-16-43(37)50(46)19-24-63(25-20-50)26-21-51(39-17-18-44(54)45(55)33-39)35-64(27-28-70-51)48(67)38-29-40(52(56,57)58)32-41(30-38)53(59,60)61/h2-9,11-18,29-30,32-33,46H,10,19-28,31,34-35H2,1H3/t46-,51-/m0/s1. The van der Waals surface area contributed by atoms with Crippen molar-refractivity contribution in [3.05, 3.63) is 170 Å². The molecule has 0 aromatic heterocycles. The summed E-state index contributed by atoms with van der Waals surface area (Å²) in [6.07, 6.45) is -7.67. The first-order valence-electron chi connectivity index (χ1n) is 23.1. The number of hydrogen-bond donors (Lipinski definition) is 0. The van der Waals surface area contributed by atoms with Crippen LogP contribution in [0.3, 0.4) is 0 Å². The van der Waals surface area contributed by atoms with E-state index >= 15 is 0 Å². The molecule has 3 amide bonds. The predicted molar refractivity (Wildman–Crippen MR) is 255 cm³/mol. The molecule has 0 unspecified atom stereocenters. The molecule has 3 aliphatic rings. The second kappa shape index (κ2) is 21.1. The smallest absolute Gasteiger partial charge is 0.367 e. The summed E-state index contributed by atoms with van der Waals surface area (Å²) in [6.45, 7) is 2.09. The number of hydrogen-bond acceptors (Lipinski definition) is 6. The molecule has 17 heteroatoms. The van der Waals surface area contributed by atoms with Gasteiger partial charge in [0, 0.05) is 55.5 Å². The Morgan fingerprint density at radius 3 is 2.06 bits per heavy atom. The van der Waals surface area contributed by atoms with Crippen LogP contribution < -0.4 is 4.90 Å². The van der Waals surface area contributed by atoms with Gasteiger partial charge in [-0.1, -0.05) is 89.9 Å². The van der Waals surface area contributed by atoms with Crippen LogP contribution in [0.1, 0.15) is 74.2 Å². The van der Waals surface area contributed by atoms with Gasteiger partial charge in [-0.2, -0.15) is 26.3 Å². The van der Waals surface area contributed by atoms with E-state index in [-0.39, 0.29) is 65.7 Å². The number of fused-ring (bicyclic) bond motifs is 2. The predicted octanol–water partition coefficient (Wildman–Crippen LogP) is 11.0. The van der Waals surface area contributed by atoms with Gasteiger partial charge in [0.15, 0.2) is 0 Å². The third-order valence-corrected chi connectivity index (χ3v) is 14.7. The molecule has 70 heavy (non-hydrogen) atoms. The maximum Gasteiger partial charge on any atom is 0.416 e. The van der Waals surface area contributed by atoms with Crippen molar-refractivity contribution in [1.82, 2.24) is 14.7 Å². The lowest BCUT2D eigenvalue weighted by Crippen LogP contribution is -2.54. The maximum atomic E-state index is 13.9. The van der Waals surface area contributed by atoms with E-state index in [9.17, 15) is 40.7 Å². The lowest BCUT2D eigenvalue weighted by atomic mass is 9.72. The van der Waals surface area contributed by atoms with Gasteiger partial charge in [-0.25, -0.2) is 0 Å². The minimum Gasteiger partial charge on any atom is -0.367 e. The molecule has 2 fully saturated rings. The number of amides is 3. The number of benzene rings is 5. The number of anilines is 1. The Kier molecular flexibility index (Phi) is 15.4. The van der Waals surface area contributed by atoms with Crippen molar-refractivity contribution in [2.75, 3.05) is 71.0 Å². The first-order valence-corrected chi connectivity index (χ1v) is 23.9. The summed E-state index contributed by atoms with van der Waals surface area (Å²) in [7, 11) is 1.74. The largest absolute Gasteiger partial charge is 0.416 e. The number of likely N-dealkylation sites (tertiary alicyclic amines) is 1. The summed E-state index contributed by atoms with van der Waals surface area (Å²) in [6, 6.07) is 32.5. The summed E-state index contributed by atoms with van der Waals surface area (Å²) in [5, 5.41) is 0.470. The number of ether oxygens (including phenoxy) is 2. The number of para-hydroxylation sites is 1. The highest BCUT2D eigenvalue weighted by atomic mass is 35.5. The summed E-state index contributed by atoms with van der Waals surface area (Å²) < 4.78 is 95.9. The molecule has 0 radical (unpaired) electrons. The monoisotopic (exact) mass is 1010 g/mol. The maximum absolute atomic E-state index is 13.9. The van der Waals surface area contributed by atoms with E-state index in [1.807, 2.05) is 60.7 Å². The van der Waals surface area contributed by atoms with Gasteiger partial charge in [0.05, 0.1) is 40.4 Å². The Labute approximate surface area is 412 Å². The molecule has 370 valence electrons.